The van der Waals surface area contributed by atoms with Crippen molar-refractivity contribution in [2.45, 2.75) is 23.8 Å². The smallest absolute Gasteiger partial charge is 0.274 e. The highest BCUT2D eigenvalue weighted by atomic mass is 32.2. The second-order valence-corrected chi connectivity index (χ2v) is 11.3. The highest BCUT2D eigenvalue weighted by Gasteiger charge is 2.27. The number of fused-ring (bicyclic) bond motifs is 1. The monoisotopic (exact) mass is 527 g/mol. The number of amides is 1. The van der Waals surface area contributed by atoms with Gasteiger partial charge in [-0.25, -0.2) is 13.4 Å². The first kappa shape index (κ1) is 25.9. The summed E-state index contributed by atoms with van der Waals surface area (Å²) in [5.41, 5.74) is 1.32. The van der Waals surface area contributed by atoms with Crippen LogP contribution in [0, 0.1) is 0 Å². The van der Waals surface area contributed by atoms with Crippen LogP contribution in [0.1, 0.15) is 23.2 Å². The molecule has 0 spiro atoms. The Bertz CT molecular complexity index is 1330. The van der Waals surface area contributed by atoms with Crippen molar-refractivity contribution < 1.29 is 22.7 Å². The fourth-order valence-corrected chi connectivity index (χ4v) is 6.33. The van der Waals surface area contributed by atoms with Crippen LogP contribution < -0.4 is 9.47 Å². The van der Waals surface area contributed by atoms with Gasteiger partial charge in [-0.05, 0) is 42.5 Å². The molecule has 4 rings (SSSR count). The molecule has 2 heterocycles. The maximum atomic E-state index is 13.0. The number of nitrogens with zero attached hydrogens (tertiary/aromatic N) is 3. The lowest BCUT2D eigenvalue weighted by Gasteiger charge is -2.31. The van der Waals surface area contributed by atoms with Gasteiger partial charge in [-0.1, -0.05) is 23.5 Å². The summed E-state index contributed by atoms with van der Waals surface area (Å²) >= 11 is 1.48. The number of ether oxygens (including phenoxy) is 2. The van der Waals surface area contributed by atoms with Gasteiger partial charge < -0.3 is 14.4 Å². The molecule has 0 atom stereocenters. The van der Waals surface area contributed by atoms with Crippen molar-refractivity contribution in [3.8, 4) is 10.9 Å². The summed E-state index contributed by atoms with van der Waals surface area (Å²) in [5.74, 6) is 0.652. The van der Waals surface area contributed by atoms with Gasteiger partial charge in [-0.2, -0.15) is 4.31 Å². The summed E-state index contributed by atoms with van der Waals surface area (Å²) < 4.78 is 39.4. The number of rotatable bonds is 10. The number of carbonyl (C=O) groups excluding carboxylic acids is 1. The van der Waals surface area contributed by atoms with Crippen molar-refractivity contribution in [1.82, 2.24) is 14.2 Å². The molecule has 1 aliphatic rings. The molecule has 36 heavy (non-hydrogen) atoms. The molecule has 1 aromatic heterocycles. The van der Waals surface area contributed by atoms with Crippen LogP contribution in [0.4, 0.5) is 0 Å². The van der Waals surface area contributed by atoms with Crippen molar-refractivity contribution in [2.24, 2.45) is 0 Å². The Morgan fingerprint density at radius 1 is 1.14 bits per heavy atom. The molecule has 0 aliphatic carbocycles. The molecule has 1 saturated heterocycles. The van der Waals surface area contributed by atoms with E-state index in [0.29, 0.717) is 36.7 Å². The topological polar surface area (TPSA) is 89.0 Å². The van der Waals surface area contributed by atoms with E-state index >= 15 is 0 Å². The first-order chi connectivity index (χ1) is 17.3. The predicted molar refractivity (Wildman–Crippen MR) is 141 cm³/mol. The average molecular weight is 528 g/mol. The first-order valence-electron chi connectivity index (χ1n) is 11.6. The summed E-state index contributed by atoms with van der Waals surface area (Å²) in [4.78, 5) is 19.5. The summed E-state index contributed by atoms with van der Waals surface area (Å²) in [7, 11) is -2.07. The normalized spacial score (nSPS) is 14.7. The van der Waals surface area contributed by atoms with Gasteiger partial charge >= 0.3 is 0 Å². The molecule has 0 unspecified atom stereocenters. The lowest BCUT2D eigenvalue weighted by Crippen LogP contribution is -2.41. The minimum atomic E-state index is -3.71. The highest BCUT2D eigenvalue weighted by Crippen LogP contribution is 2.32. The number of carbonyl (C=O) groups is 1. The Balaban J connectivity index is 1.36. The molecule has 10 heteroatoms. The van der Waals surface area contributed by atoms with Crippen LogP contribution >= 0.6 is 11.3 Å². The number of hydrogen-bond donors (Lipinski definition) is 0. The van der Waals surface area contributed by atoms with E-state index in [1.165, 1.54) is 39.9 Å². The van der Waals surface area contributed by atoms with Crippen molar-refractivity contribution in [3.63, 3.8) is 0 Å². The molecule has 1 fully saturated rings. The molecular weight excluding hydrogens is 498 g/mol. The molecule has 0 N–H and O–H groups in total. The number of likely N-dealkylation sites (tertiary alicyclic amines) is 1. The summed E-state index contributed by atoms with van der Waals surface area (Å²) in [6.45, 7) is 8.69. The molecule has 2 aromatic carbocycles. The Hall–Kier alpha value is -3.21. The quantitative estimate of drug-likeness (QED) is 0.364. The molecule has 0 bridgehead atoms. The van der Waals surface area contributed by atoms with Crippen LogP contribution in [-0.4, -0.2) is 67.9 Å². The van der Waals surface area contributed by atoms with Crippen LogP contribution in [0.5, 0.6) is 10.9 Å². The Kier molecular flexibility index (Phi) is 8.07. The van der Waals surface area contributed by atoms with E-state index in [1.54, 1.807) is 24.1 Å². The number of thiazole rings is 1. The zero-order chi connectivity index (χ0) is 25.7. The van der Waals surface area contributed by atoms with Gasteiger partial charge in [0, 0.05) is 44.6 Å². The van der Waals surface area contributed by atoms with Gasteiger partial charge in [0.05, 0.1) is 22.2 Å². The standard InChI is InChI=1S/C26H29N3O5S2/c1-4-14-29(15-5-2)36(31,32)22-9-6-19(7-10-22)25(30)28-16-12-20(13-17-28)34-26-27-23-11-8-21(33-3)18-24(23)35-26/h4-11,18,20H,1-2,12-17H2,3H3. The number of methoxy groups -OCH3 is 1. The van der Waals surface area contributed by atoms with E-state index in [9.17, 15) is 13.2 Å². The summed E-state index contributed by atoms with van der Waals surface area (Å²) in [6.07, 6.45) is 4.41. The lowest BCUT2D eigenvalue weighted by atomic mass is 10.1. The van der Waals surface area contributed by atoms with Crippen molar-refractivity contribution in [3.05, 3.63) is 73.3 Å². The molecule has 3 aromatic rings. The zero-order valence-corrected chi connectivity index (χ0v) is 21.8. The minimum Gasteiger partial charge on any atom is -0.497 e. The second kappa shape index (κ2) is 11.2. The highest BCUT2D eigenvalue weighted by molar-refractivity contribution is 7.89. The third kappa shape index (κ3) is 5.61. The van der Waals surface area contributed by atoms with E-state index in [-0.39, 0.29) is 30.0 Å². The molecule has 1 amide bonds. The maximum Gasteiger partial charge on any atom is 0.274 e. The largest absolute Gasteiger partial charge is 0.497 e. The lowest BCUT2D eigenvalue weighted by molar-refractivity contribution is 0.0595. The minimum absolute atomic E-state index is 0.0234. The van der Waals surface area contributed by atoms with Crippen molar-refractivity contribution in [2.75, 3.05) is 33.3 Å². The Morgan fingerprint density at radius 2 is 1.81 bits per heavy atom. The number of sulfonamides is 1. The van der Waals surface area contributed by atoms with Gasteiger partial charge in [0.25, 0.3) is 11.1 Å². The molecule has 0 saturated carbocycles. The van der Waals surface area contributed by atoms with Crippen LogP contribution in [0.15, 0.2) is 72.7 Å². The van der Waals surface area contributed by atoms with Gasteiger partial charge in [-0.15, -0.1) is 13.2 Å². The fourth-order valence-electron chi connectivity index (χ4n) is 4.04. The van der Waals surface area contributed by atoms with Gasteiger partial charge in [0.1, 0.15) is 11.9 Å². The van der Waals surface area contributed by atoms with E-state index in [0.717, 1.165) is 16.0 Å². The maximum absolute atomic E-state index is 13.0. The van der Waals surface area contributed by atoms with Crippen LogP contribution in [0.25, 0.3) is 10.2 Å². The number of piperidine rings is 1. The van der Waals surface area contributed by atoms with Gasteiger partial charge in [0.15, 0.2) is 0 Å². The third-order valence-corrected chi connectivity index (χ3v) is 8.73. The molecule has 0 radical (unpaired) electrons. The first-order valence-corrected chi connectivity index (χ1v) is 13.8. The van der Waals surface area contributed by atoms with Gasteiger partial charge in [0.2, 0.25) is 10.0 Å². The Morgan fingerprint density at radius 3 is 2.42 bits per heavy atom. The molecule has 1 aliphatic heterocycles. The van der Waals surface area contributed by atoms with E-state index in [1.807, 2.05) is 18.2 Å². The van der Waals surface area contributed by atoms with E-state index < -0.39 is 10.0 Å². The molecular formula is C26H29N3O5S2. The van der Waals surface area contributed by atoms with E-state index in [4.69, 9.17) is 9.47 Å². The number of benzene rings is 2. The van der Waals surface area contributed by atoms with Crippen molar-refractivity contribution in [1.29, 1.82) is 0 Å². The zero-order valence-electron chi connectivity index (χ0n) is 20.1. The van der Waals surface area contributed by atoms with Crippen molar-refractivity contribution >= 4 is 37.5 Å². The summed E-state index contributed by atoms with van der Waals surface area (Å²) in [6, 6.07) is 11.8. The predicted octanol–water partition coefficient (Wildman–Crippen LogP) is 4.35. The second-order valence-electron chi connectivity index (χ2n) is 8.35. The third-order valence-electron chi connectivity index (χ3n) is 5.98. The van der Waals surface area contributed by atoms with Gasteiger partial charge in [-0.3, -0.25) is 4.79 Å². The van der Waals surface area contributed by atoms with Crippen LogP contribution in [0.3, 0.4) is 0 Å². The van der Waals surface area contributed by atoms with Crippen LogP contribution in [-0.2, 0) is 10.0 Å². The van der Waals surface area contributed by atoms with E-state index in [2.05, 4.69) is 18.1 Å². The summed E-state index contributed by atoms with van der Waals surface area (Å²) in [5, 5.41) is 0.613. The number of hydrogen-bond acceptors (Lipinski definition) is 7. The molecule has 8 nitrogen and oxygen atoms in total. The Labute approximate surface area is 215 Å². The average Bonchev–Trinajstić information content (AvgIpc) is 3.30. The van der Waals surface area contributed by atoms with Crippen LogP contribution in [0.2, 0.25) is 0 Å². The fraction of sp³-hybridized carbons (Fsp3) is 0.308. The molecule has 190 valence electrons. The number of aromatic nitrogens is 1. The SMILES string of the molecule is C=CCN(CC=C)S(=O)(=O)c1ccc(C(=O)N2CCC(Oc3nc4ccc(OC)cc4s3)CC2)cc1.